The first-order chi connectivity index (χ1) is 14.0. The van der Waals surface area contributed by atoms with Crippen molar-refractivity contribution in [1.82, 2.24) is 14.9 Å². The minimum absolute atomic E-state index is 0. The van der Waals surface area contributed by atoms with E-state index in [1.807, 2.05) is 18.2 Å². The zero-order valence-corrected chi connectivity index (χ0v) is 17.2. The zero-order valence-electron chi connectivity index (χ0n) is 16.4. The molecule has 4 rings (SSSR count). The Hall–Kier alpha value is -2.71. The Morgan fingerprint density at radius 2 is 1.83 bits per heavy atom. The highest BCUT2D eigenvalue weighted by atomic mass is 35.5. The van der Waals surface area contributed by atoms with Crippen molar-refractivity contribution >= 4 is 35.1 Å². The van der Waals surface area contributed by atoms with Crippen LogP contribution in [0.4, 0.5) is 20.5 Å². The number of benzene rings is 2. The Morgan fingerprint density at radius 3 is 2.57 bits per heavy atom. The van der Waals surface area contributed by atoms with Crippen LogP contribution in [0.1, 0.15) is 18.4 Å². The molecule has 0 radical (unpaired) electrons. The zero-order chi connectivity index (χ0) is 20.4. The van der Waals surface area contributed by atoms with Crippen LogP contribution in [-0.4, -0.2) is 34.6 Å². The molecule has 9 heteroatoms. The van der Waals surface area contributed by atoms with E-state index in [1.54, 1.807) is 0 Å². The van der Waals surface area contributed by atoms with E-state index < -0.39 is 11.6 Å². The molecule has 0 unspecified atom stereocenters. The number of piperidine rings is 1. The summed E-state index contributed by atoms with van der Waals surface area (Å²) < 4.78 is 33.0. The predicted octanol–water partition coefficient (Wildman–Crippen LogP) is 3.79. The number of rotatable bonds is 5. The minimum atomic E-state index is -0.552. The number of nitrogens with two attached hydrogens (primary N) is 2. The van der Waals surface area contributed by atoms with Gasteiger partial charge in [-0.2, -0.15) is 4.98 Å². The fourth-order valence-electron chi connectivity index (χ4n) is 3.73. The Bertz CT molecular complexity index is 1030. The van der Waals surface area contributed by atoms with Gasteiger partial charge in [-0.05, 0) is 50.0 Å². The van der Waals surface area contributed by atoms with Gasteiger partial charge in [-0.3, -0.25) is 4.90 Å². The van der Waals surface area contributed by atoms with Gasteiger partial charge in [0.25, 0.3) is 0 Å². The maximum atomic E-state index is 13.9. The van der Waals surface area contributed by atoms with E-state index in [9.17, 15) is 8.78 Å². The van der Waals surface area contributed by atoms with Gasteiger partial charge in [-0.15, -0.1) is 12.4 Å². The molecule has 0 spiro atoms. The summed E-state index contributed by atoms with van der Waals surface area (Å²) >= 11 is 0. The number of hydrogen-bond acceptors (Lipinski definition) is 6. The molecule has 2 heterocycles. The molecule has 1 aliphatic rings. The van der Waals surface area contributed by atoms with Gasteiger partial charge >= 0.3 is 0 Å². The molecule has 4 N–H and O–H groups in total. The van der Waals surface area contributed by atoms with Crippen LogP contribution in [0.15, 0.2) is 36.4 Å². The molecule has 0 aliphatic carbocycles. The van der Waals surface area contributed by atoms with Crippen LogP contribution in [0.3, 0.4) is 0 Å². The van der Waals surface area contributed by atoms with Gasteiger partial charge in [0.2, 0.25) is 5.95 Å². The standard InChI is InChI=1S/C21H23F2N5O.ClH/c22-15-5-4-14(16(23)10-15)11-28-8-6-13(7-9-28)12-29-18-3-1-2-17-19(18)20(24)27-21(25)26-17;/h1-5,10,13H,6-9,11-12H2,(H4,24,25,26,27);1H. The fourth-order valence-corrected chi connectivity index (χ4v) is 3.73. The van der Waals surface area contributed by atoms with E-state index >= 15 is 0 Å². The summed E-state index contributed by atoms with van der Waals surface area (Å²) in [6.45, 7) is 2.71. The first-order valence-corrected chi connectivity index (χ1v) is 9.60. The van der Waals surface area contributed by atoms with Gasteiger partial charge in [-0.25, -0.2) is 13.8 Å². The highest BCUT2D eigenvalue weighted by Crippen LogP contribution is 2.30. The molecule has 2 aromatic carbocycles. The van der Waals surface area contributed by atoms with Crippen LogP contribution >= 0.6 is 12.4 Å². The number of hydrogen-bond donors (Lipinski definition) is 2. The Morgan fingerprint density at radius 1 is 1.07 bits per heavy atom. The second-order valence-electron chi connectivity index (χ2n) is 7.38. The van der Waals surface area contributed by atoms with Crippen molar-refractivity contribution in [1.29, 1.82) is 0 Å². The lowest BCUT2D eigenvalue weighted by molar-refractivity contribution is 0.136. The molecular formula is C21H24ClF2N5O. The smallest absolute Gasteiger partial charge is 0.222 e. The summed E-state index contributed by atoms with van der Waals surface area (Å²) in [5, 5.41) is 0.672. The number of nitrogens with zero attached hydrogens (tertiary/aromatic N) is 3. The van der Waals surface area contributed by atoms with E-state index in [1.165, 1.54) is 12.1 Å². The van der Waals surface area contributed by atoms with Crippen LogP contribution in [0.25, 0.3) is 10.9 Å². The van der Waals surface area contributed by atoms with E-state index in [4.69, 9.17) is 16.2 Å². The minimum Gasteiger partial charge on any atom is -0.492 e. The molecule has 0 bridgehead atoms. The first kappa shape index (κ1) is 22.0. The van der Waals surface area contributed by atoms with E-state index in [-0.39, 0.29) is 18.4 Å². The lowest BCUT2D eigenvalue weighted by atomic mass is 9.97. The maximum absolute atomic E-state index is 13.9. The first-order valence-electron chi connectivity index (χ1n) is 9.60. The van der Waals surface area contributed by atoms with Crippen LogP contribution in [0, 0.1) is 17.6 Å². The lowest BCUT2D eigenvalue weighted by Gasteiger charge is -2.32. The molecule has 1 aliphatic heterocycles. The highest BCUT2D eigenvalue weighted by Gasteiger charge is 2.21. The number of halogens is 3. The number of ether oxygens (including phenoxy) is 1. The van der Waals surface area contributed by atoms with Gasteiger partial charge in [-0.1, -0.05) is 12.1 Å². The third kappa shape index (κ3) is 4.88. The van der Waals surface area contributed by atoms with E-state index in [2.05, 4.69) is 14.9 Å². The summed E-state index contributed by atoms with van der Waals surface area (Å²) in [7, 11) is 0. The van der Waals surface area contributed by atoms with Gasteiger partial charge in [0.15, 0.2) is 0 Å². The molecule has 6 nitrogen and oxygen atoms in total. The summed E-state index contributed by atoms with van der Waals surface area (Å²) in [4.78, 5) is 10.4. The largest absolute Gasteiger partial charge is 0.492 e. The van der Waals surface area contributed by atoms with Crippen molar-refractivity contribution < 1.29 is 13.5 Å². The maximum Gasteiger partial charge on any atom is 0.222 e. The van der Waals surface area contributed by atoms with Crippen molar-refractivity contribution in [2.45, 2.75) is 19.4 Å². The van der Waals surface area contributed by atoms with Gasteiger partial charge in [0.05, 0.1) is 17.5 Å². The summed E-state index contributed by atoms with van der Waals surface area (Å²) in [5.74, 6) is 0.429. The van der Waals surface area contributed by atoms with E-state index in [0.717, 1.165) is 32.0 Å². The SMILES string of the molecule is Cl.Nc1nc(N)c2c(OCC3CCN(Cc4ccc(F)cc4F)CC3)cccc2n1. The average molecular weight is 436 g/mol. The molecule has 1 aromatic heterocycles. The average Bonchev–Trinajstić information content (AvgIpc) is 2.69. The van der Waals surface area contributed by atoms with Crippen molar-refractivity contribution in [3.8, 4) is 5.75 Å². The van der Waals surface area contributed by atoms with Gasteiger partial charge < -0.3 is 16.2 Å². The number of anilines is 2. The van der Waals surface area contributed by atoms with Crippen molar-refractivity contribution in [2.75, 3.05) is 31.2 Å². The van der Waals surface area contributed by atoms with Crippen molar-refractivity contribution in [2.24, 2.45) is 5.92 Å². The van der Waals surface area contributed by atoms with Gasteiger partial charge in [0.1, 0.15) is 23.2 Å². The monoisotopic (exact) mass is 435 g/mol. The number of aromatic nitrogens is 2. The van der Waals surface area contributed by atoms with Crippen molar-refractivity contribution in [3.63, 3.8) is 0 Å². The molecule has 0 saturated carbocycles. The molecular weight excluding hydrogens is 412 g/mol. The fraction of sp³-hybridized carbons (Fsp3) is 0.333. The highest BCUT2D eigenvalue weighted by molar-refractivity contribution is 5.94. The number of likely N-dealkylation sites (tertiary alicyclic amines) is 1. The number of fused-ring (bicyclic) bond motifs is 1. The number of nitrogen functional groups attached to an aromatic ring is 2. The topological polar surface area (TPSA) is 90.3 Å². The molecule has 3 aromatic rings. The molecule has 0 atom stereocenters. The third-order valence-corrected chi connectivity index (χ3v) is 5.32. The van der Waals surface area contributed by atoms with Crippen LogP contribution in [0.2, 0.25) is 0 Å². The normalized spacial score (nSPS) is 15.1. The third-order valence-electron chi connectivity index (χ3n) is 5.32. The summed E-state index contributed by atoms with van der Waals surface area (Å²) in [6.07, 6.45) is 1.87. The molecule has 1 saturated heterocycles. The Labute approximate surface area is 179 Å². The Balaban J connectivity index is 0.00000256. The van der Waals surface area contributed by atoms with E-state index in [0.29, 0.717) is 47.1 Å². The molecule has 0 amide bonds. The second-order valence-corrected chi connectivity index (χ2v) is 7.38. The molecule has 30 heavy (non-hydrogen) atoms. The molecule has 1 fully saturated rings. The predicted molar refractivity (Wildman–Crippen MR) is 115 cm³/mol. The summed E-state index contributed by atoms with van der Waals surface area (Å²) in [5.41, 5.74) is 12.8. The summed E-state index contributed by atoms with van der Waals surface area (Å²) in [6, 6.07) is 9.27. The Kier molecular flexibility index (Phi) is 6.89. The van der Waals surface area contributed by atoms with Crippen molar-refractivity contribution in [3.05, 3.63) is 53.6 Å². The van der Waals surface area contributed by atoms with Gasteiger partial charge in [0, 0.05) is 18.2 Å². The molecule has 160 valence electrons. The van der Waals surface area contributed by atoms with Crippen LogP contribution < -0.4 is 16.2 Å². The second kappa shape index (κ2) is 9.40. The van der Waals surface area contributed by atoms with Crippen LogP contribution in [-0.2, 0) is 6.54 Å². The lowest BCUT2D eigenvalue weighted by Crippen LogP contribution is -2.35. The quantitative estimate of drug-likeness (QED) is 0.633. The van der Waals surface area contributed by atoms with Crippen LogP contribution in [0.5, 0.6) is 5.75 Å².